The Morgan fingerprint density at radius 2 is 1.92 bits per heavy atom. The van der Waals surface area contributed by atoms with Gasteiger partial charge in [-0.15, -0.1) is 0 Å². The minimum atomic E-state index is -0.313. The largest absolute Gasteiger partial charge is 0.495 e. The fraction of sp³-hybridized carbons (Fsp3) is 0.250. The molecule has 5 rings (SSSR count). The zero-order valence-corrected chi connectivity index (χ0v) is 20.5. The van der Waals surface area contributed by atoms with Crippen LogP contribution in [0.25, 0.3) is 5.69 Å². The van der Waals surface area contributed by atoms with Crippen LogP contribution >= 0.6 is 0 Å². The van der Waals surface area contributed by atoms with Crippen LogP contribution in [0.15, 0.2) is 77.1 Å². The Bertz CT molecular complexity index is 1500. The number of nitrogens with two attached hydrogens (primary N) is 1. The van der Waals surface area contributed by atoms with E-state index in [9.17, 15) is 9.18 Å². The number of aromatic nitrogens is 3. The van der Waals surface area contributed by atoms with E-state index in [0.29, 0.717) is 28.5 Å². The second-order valence-corrected chi connectivity index (χ2v) is 9.19. The van der Waals surface area contributed by atoms with Gasteiger partial charge in [0, 0.05) is 18.0 Å². The molecule has 0 radical (unpaired) electrons. The average Bonchev–Trinajstić information content (AvgIpc) is 3.65. The number of nitrogens with zero attached hydrogens (tertiary/aromatic N) is 4. The molecule has 8 heteroatoms. The molecule has 0 amide bonds. The predicted molar refractivity (Wildman–Crippen MR) is 138 cm³/mol. The summed E-state index contributed by atoms with van der Waals surface area (Å²) in [6.07, 6.45) is 7.69. The van der Waals surface area contributed by atoms with E-state index in [-0.39, 0.29) is 17.4 Å². The van der Waals surface area contributed by atoms with Gasteiger partial charge in [-0.25, -0.2) is 9.37 Å². The van der Waals surface area contributed by atoms with Crippen molar-refractivity contribution in [2.24, 2.45) is 10.9 Å². The number of methoxy groups -OCH3 is 1. The van der Waals surface area contributed by atoms with Crippen molar-refractivity contribution >= 4 is 5.71 Å². The molecule has 0 aliphatic heterocycles. The van der Waals surface area contributed by atoms with Gasteiger partial charge in [0.2, 0.25) is 0 Å². The number of halogens is 1. The zero-order chi connectivity index (χ0) is 25.4. The van der Waals surface area contributed by atoms with E-state index in [2.05, 4.69) is 10.1 Å². The number of ether oxygens (including phenoxy) is 1. The van der Waals surface area contributed by atoms with E-state index in [1.54, 1.807) is 30.1 Å². The van der Waals surface area contributed by atoms with Crippen LogP contribution < -0.4 is 16.1 Å². The lowest BCUT2D eigenvalue weighted by atomic mass is 9.99. The van der Waals surface area contributed by atoms with Gasteiger partial charge in [-0.3, -0.25) is 4.79 Å². The molecule has 4 aromatic rings. The molecule has 1 unspecified atom stereocenters. The van der Waals surface area contributed by atoms with Crippen LogP contribution in [0.1, 0.15) is 59.7 Å². The van der Waals surface area contributed by atoms with Crippen LogP contribution in [-0.4, -0.2) is 26.9 Å². The molecule has 2 aromatic heterocycles. The third-order valence-corrected chi connectivity index (χ3v) is 6.71. The first kappa shape index (κ1) is 23.5. The summed E-state index contributed by atoms with van der Waals surface area (Å²) in [4.78, 5) is 18.1. The van der Waals surface area contributed by atoms with E-state index in [0.717, 1.165) is 35.3 Å². The molecule has 1 saturated carbocycles. The highest BCUT2D eigenvalue weighted by molar-refractivity contribution is 6.13. The quantitative estimate of drug-likeness (QED) is 0.234. The number of hydrazone groups is 1. The number of aryl methyl sites for hydroxylation is 1. The van der Waals surface area contributed by atoms with Crippen molar-refractivity contribution in [2.75, 3.05) is 7.11 Å². The normalized spacial score (nSPS) is 14.6. The molecule has 2 heterocycles. The zero-order valence-electron chi connectivity index (χ0n) is 20.5. The summed E-state index contributed by atoms with van der Waals surface area (Å²) >= 11 is 0. The summed E-state index contributed by atoms with van der Waals surface area (Å²) in [5.74, 6) is 6.57. The molecule has 1 fully saturated rings. The molecule has 2 aromatic carbocycles. The van der Waals surface area contributed by atoms with Crippen LogP contribution in [-0.2, 0) is 0 Å². The summed E-state index contributed by atoms with van der Waals surface area (Å²) in [6, 6.07) is 13.4. The maximum atomic E-state index is 13.8. The van der Waals surface area contributed by atoms with E-state index in [1.165, 1.54) is 12.1 Å². The summed E-state index contributed by atoms with van der Waals surface area (Å²) in [5.41, 5.74) is 4.86. The van der Waals surface area contributed by atoms with Crippen molar-refractivity contribution in [3.8, 4) is 11.4 Å². The Hall–Kier alpha value is -4.20. The lowest BCUT2D eigenvalue weighted by molar-refractivity contribution is 0.413. The minimum absolute atomic E-state index is 0.214. The summed E-state index contributed by atoms with van der Waals surface area (Å²) in [6.45, 7) is 3.85. The Morgan fingerprint density at radius 3 is 2.53 bits per heavy atom. The number of pyridine rings is 1. The molecule has 7 nitrogen and oxygen atoms in total. The van der Waals surface area contributed by atoms with Crippen LogP contribution in [0.4, 0.5) is 4.39 Å². The van der Waals surface area contributed by atoms with Crippen molar-refractivity contribution < 1.29 is 9.13 Å². The van der Waals surface area contributed by atoms with Gasteiger partial charge < -0.3 is 19.7 Å². The summed E-state index contributed by atoms with van der Waals surface area (Å²) in [7, 11) is 1.59. The summed E-state index contributed by atoms with van der Waals surface area (Å²) in [5, 5.41) is 4.06. The number of hydrogen-bond acceptors (Lipinski definition) is 5. The van der Waals surface area contributed by atoms with Crippen molar-refractivity contribution in [1.82, 2.24) is 14.1 Å². The third-order valence-electron chi connectivity index (χ3n) is 6.71. The predicted octanol–water partition coefficient (Wildman–Crippen LogP) is 4.69. The maximum Gasteiger partial charge on any atom is 0.260 e. The van der Waals surface area contributed by atoms with Gasteiger partial charge >= 0.3 is 0 Å². The van der Waals surface area contributed by atoms with E-state index < -0.39 is 0 Å². The van der Waals surface area contributed by atoms with E-state index >= 15 is 0 Å². The van der Waals surface area contributed by atoms with Gasteiger partial charge in [-0.05, 0) is 74.1 Å². The van der Waals surface area contributed by atoms with E-state index in [1.807, 2.05) is 55.1 Å². The van der Waals surface area contributed by atoms with Crippen LogP contribution in [0.3, 0.4) is 0 Å². The second-order valence-electron chi connectivity index (χ2n) is 9.19. The van der Waals surface area contributed by atoms with Crippen molar-refractivity contribution in [3.63, 3.8) is 0 Å². The second kappa shape index (κ2) is 9.45. The molecule has 2 N–H and O–H groups in total. The van der Waals surface area contributed by atoms with Crippen LogP contribution in [0, 0.1) is 12.7 Å². The lowest BCUT2D eigenvalue weighted by Gasteiger charge is -2.19. The number of hydrogen-bond donors (Lipinski definition) is 1. The van der Waals surface area contributed by atoms with Gasteiger partial charge in [-0.2, -0.15) is 5.10 Å². The topological polar surface area (TPSA) is 87.4 Å². The molecule has 1 aliphatic rings. The van der Waals surface area contributed by atoms with Gasteiger partial charge in [0.15, 0.2) is 0 Å². The van der Waals surface area contributed by atoms with Crippen molar-refractivity contribution in [2.45, 2.75) is 38.6 Å². The highest BCUT2D eigenvalue weighted by atomic mass is 19.1. The van der Waals surface area contributed by atoms with Crippen molar-refractivity contribution in [3.05, 3.63) is 111 Å². The molecule has 0 bridgehead atoms. The highest BCUT2D eigenvalue weighted by Crippen LogP contribution is 2.40. The minimum Gasteiger partial charge on any atom is -0.495 e. The number of rotatable bonds is 7. The Balaban J connectivity index is 1.61. The summed E-state index contributed by atoms with van der Waals surface area (Å²) < 4.78 is 22.7. The average molecular weight is 486 g/mol. The first-order valence-corrected chi connectivity index (χ1v) is 11.9. The fourth-order valence-electron chi connectivity index (χ4n) is 4.51. The van der Waals surface area contributed by atoms with Gasteiger partial charge in [-0.1, -0.05) is 18.2 Å². The van der Waals surface area contributed by atoms with Gasteiger partial charge in [0.05, 0.1) is 36.4 Å². The fourth-order valence-corrected chi connectivity index (χ4v) is 4.51. The van der Waals surface area contributed by atoms with E-state index in [4.69, 9.17) is 10.6 Å². The number of benzene rings is 2. The number of imidazole rings is 1. The lowest BCUT2D eigenvalue weighted by Crippen LogP contribution is -2.30. The van der Waals surface area contributed by atoms with Crippen molar-refractivity contribution in [1.29, 1.82) is 0 Å². The monoisotopic (exact) mass is 485 g/mol. The van der Waals surface area contributed by atoms with Crippen LogP contribution in [0.5, 0.6) is 5.75 Å². The molecule has 1 atom stereocenters. The standard InChI is InChI=1S/C28H28FN5O2/c1-17-14-33(16-31-17)25-11-8-21(13-26(25)36-3)27(32-30)24-12-22(20-4-5-20)15-34(28(24)35)18(2)19-6-9-23(29)10-7-19/h6-16,18,20H,4-5,30H2,1-3H3/b32-27+. The molecule has 1 aliphatic carbocycles. The Kier molecular flexibility index (Phi) is 6.18. The molecular formula is C28H28FN5O2. The molecule has 0 saturated heterocycles. The highest BCUT2D eigenvalue weighted by Gasteiger charge is 2.27. The molecule has 0 spiro atoms. The first-order chi connectivity index (χ1) is 17.4. The Morgan fingerprint density at radius 1 is 1.17 bits per heavy atom. The SMILES string of the molecule is COc1cc(/C(=N\N)c2cc(C3CC3)cn(C(C)c3ccc(F)cc3)c2=O)ccc1-n1cnc(C)c1. The Labute approximate surface area is 208 Å². The smallest absolute Gasteiger partial charge is 0.260 e. The molecule has 184 valence electrons. The first-order valence-electron chi connectivity index (χ1n) is 11.9. The van der Waals surface area contributed by atoms with Gasteiger partial charge in [0.25, 0.3) is 5.56 Å². The molecule has 36 heavy (non-hydrogen) atoms. The molecular weight excluding hydrogens is 457 g/mol. The third kappa shape index (κ3) is 4.42. The van der Waals surface area contributed by atoms with Crippen LogP contribution in [0.2, 0.25) is 0 Å². The maximum absolute atomic E-state index is 13.8. The van der Waals surface area contributed by atoms with Gasteiger partial charge in [0.1, 0.15) is 17.3 Å².